The Morgan fingerprint density at radius 3 is 2.26 bits per heavy atom. The van der Waals surface area contributed by atoms with Crippen molar-refractivity contribution in [3.05, 3.63) is 59.4 Å². The van der Waals surface area contributed by atoms with Gasteiger partial charge in [-0.25, -0.2) is 12.8 Å². The van der Waals surface area contributed by atoms with Gasteiger partial charge in [-0.1, -0.05) is 17.7 Å². The summed E-state index contributed by atoms with van der Waals surface area (Å²) in [5.74, 6) is -2.26. The van der Waals surface area contributed by atoms with Gasteiger partial charge < -0.3 is 5.32 Å². The summed E-state index contributed by atoms with van der Waals surface area (Å²) in [5.41, 5.74) is -0.289. The third-order valence-electron chi connectivity index (χ3n) is 3.65. The van der Waals surface area contributed by atoms with Gasteiger partial charge in [0.15, 0.2) is 0 Å². The third-order valence-corrected chi connectivity index (χ3v) is 5.45. The van der Waals surface area contributed by atoms with E-state index < -0.39 is 44.9 Å². The van der Waals surface area contributed by atoms with Gasteiger partial charge in [0.1, 0.15) is 5.82 Å². The SMILES string of the molecule is Cc1ccc(NC(=O)CN(C)S(=O)(=O)c2ccc(F)c(C(F)(F)F)c2)cc1. The maximum absolute atomic E-state index is 13.3. The Morgan fingerprint density at radius 1 is 1.11 bits per heavy atom. The Bertz CT molecular complexity index is 942. The van der Waals surface area contributed by atoms with Crippen LogP contribution in [-0.4, -0.2) is 32.2 Å². The van der Waals surface area contributed by atoms with Crippen molar-refractivity contribution < 1.29 is 30.8 Å². The van der Waals surface area contributed by atoms with E-state index >= 15 is 0 Å². The molecule has 0 aromatic heterocycles. The Balaban J connectivity index is 2.18. The molecule has 5 nitrogen and oxygen atoms in total. The minimum absolute atomic E-state index is 0.207. The first-order valence-electron chi connectivity index (χ1n) is 7.61. The second-order valence-electron chi connectivity index (χ2n) is 5.81. The average molecular weight is 404 g/mol. The molecule has 2 rings (SSSR count). The molecule has 1 N–H and O–H groups in total. The number of likely N-dealkylation sites (N-methyl/N-ethyl adjacent to an activating group) is 1. The van der Waals surface area contributed by atoms with Crippen molar-refractivity contribution in [2.75, 3.05) is 18.9 Å². The summed E-state index contributed by atoms with van der Waals surface area (Å²) in [4.78, 5) is 11.2. The van der Waals surface area contributed by atoms with Crippen molar-refractivity contribution in [2.24, 2.45) is 0 Å². The highest BCUT2D eigenvalue weighted by atomic mass is 32.2. The first-order chi connectivity index (χ1) is 12.4. The van der Waals surface area contributed by atoms with Gasteiger partial charge in [0.2, 0.25) is 15.9 Å². The molecule has 0 unspecified atom stereocenters. The molecule has 0 atom stereocenters. The van der Waals surface area contributed by atoms with Crippen LogP contribution in [0.15, 0.2) is 47.4 Å². The fraction of sp³-hybridized carbons (Fsp3) is 0.235. The molecule has 0 fully saturated rings. The molecule has 0 aliphatic rings. The summed E-state index contributed by atoms with van der Waals surface area (Å²) in [5, 5.41) is 2.48. The predicted octanol–water partition coefficient (Wildman–Crippen LogP) is 3.41. The summed E-state index contributed by atoms with van der Waals surface area (Å²) in [6.45, 7) is 1.22. The van der Waals surface area contributed by atoms with E-state index in [1.807, 2.05) is 6.92 Å². The van der Waals surface area contributed by atoms with Crippen LogP contribution in [0.3, 0.4) is 0 Å². The van der Waals surface area contributed by atoms with Crippen molar-refractivity contribution in [3.63, 3.8) is 0 Å². The van der Waals surface area contributed by atoms with E-state index in [4.69, 9.17) is 0 Å². The molecular weight excluding hydrogens is 388 g/mol. The molecule has 0 radical (unpaired) electrons. The zero-order valence-corrected chi connectivity index (χ0v) is 15.2. The van der Waals surface area contributed by atoms with E-state index in [1.54, 1.807) is 24.3 Å². The van der Waals surface area contributed by atoms with Gasteiger partial charge in [-0.2, -0.15) is 17.5 Å². The second kappa shape index (κ2) is 7.65. The van der Waals surface area contributed by atoms with E-state index in [-0.39, 0.29) is 6.07 Å². The third kappa shape index (κ3) is 5.04. The van der Waals surface area contributed by atoms with Crippen molar-refractivity contribution in [2.45, 2.75) is 18.0 Å². The maximum Gasteiger partial charge on any atom is 0.419 e. The lowest BCUT2D eigenvalue weighted by molar-refractivity contribution is -0.140. The van der Waals surface area contributed by atoms with E-state index in [1.165, 1.54) is 0 Å². The molecule has 2 aromatic rings. The fourth-order valence-electron chi connectivity index (χ4n) is 2.19. The Kier molecular flexibility index (Phi) is 5.91. The number of alkyl halides is 3. The van der Waals surface area contributed by atoms with Crippen molar-refractivity contribution in [1.29, 1.82) is 0 Å². The lowest BCUT2D eigenvalue weighted by atomic mass is 10.2. The van der Waals surface area contributed by atoms with Crippen molar-refractivity contribution in [3.8, 4) is 0 Å². The highest BCUT2D eigenvalue weighted by molar-refractivity contribution is 7.89. The van der Waals surface area contributed by atoms with Gasteiger partial charge in [-0.3, -0.25) is 4.79 Å². The molecule has 10 heteroatoms. The lowest BCUT2D eigenvalue weighted by Crippen LogP contribution is -2.35. The van der Waals surface area contributed by atoms with Crippen LogP contribution in [-0.2, 0) is 21.0 Å². The minimum Gasteiger partial charge on any atom is -0.325 e. The number of benzene rings is 2. The van der Waals surface area contributed by atoms with Crippen molar-refractivity contribution >= 4 is 21.6 Å². The number of nitrogens with one attached hydrogen (secondary N) is 1. The maximum atomic E-state index is 13.3. The van der Waals surface area contributed by atoms with Crippen LogP contribution in [0.5, 0.6) is 0 Å². The summed E-state index contributed by atoms with van der Waals surface area (Å²) >= 11 is 0. The van der Waals surface area contributed by atoms with Gasteiger partial charge in [0.25, 0.3) is 0 Å². The zero-order chi connectivity index (χ0) is 20.4. The summed E-state index contributed by atoms with van der Waals surface area (Å²) in [7, 11) is -3.38. The van der Waals surface area contributed by atoms with Crippen LogP contribution in [0.1, 0.15) is 11.1 Å². The van der Waals surface area contributed by atoms with Gasteiger partial charge in [-0.15, -0.1) is 0 Å². The van der Waals surface area contributed by atoms with Crippen LogP contribution < -0.4 is 5.32 Å². The molecule has 1 amide bonds. The molecule has 0 aliphatic carbocycles. The molecule has 0 bridgehead atoms. The number of carbonyl (C=O) groups is 1. The topological polar surface area (TPSA) is 66.5 Å². The van der Waals surface area contributed by atoms with Gasteiger partial charge in [0.05, 0.1) is 17.0 Å². The molecule has 2 aromatic carbocycles. The summed E-state index contributed by atoms with van der Waals surface area (Å²) < 4.78 is 77.1. The molecule has 27 heavy (non-hydrogen) atoms. The van der Waals surface area contributed by atoms with Crippen LogP contribution in [0.2, 0.25) is 0 Å². The second-order valence-corrected chi connectivity index (χ2v) is 7.86. The van der Waals surface area contributed by atoms with Crippen LogP contribution in [0.25, 0.3) is 0 Å². The van der Waals surface area contributed by atoms with Crippen LogP contribution in [0.4, 0.5) is 23.2 Å². The molecular formula is C17H16F4N2O3S. The van der Waals surface area contributed by atoms with E-state index in [0.717, 1.165) is 12.6 Å². The number of nitrogens with zero attached hydrogens (tertiary/aromatic N) is 1. The first-order valence-corrected chi connectivity index (χ1v) is 9.05. The average Bonchev–Trinajstić information content (AvgIpc) is 2.56. The molecule has 0 saturated carbocycles. The molecule has 146 valence electrons. The first kappa shape index (κ1) is 20.8. The number of halogens is 4. The number of amides is 1. The quantitative estimate of drug-likeness (QED) is 0.777. The largest absolute Gasteiger partial charge is 0.419 e. The Hall–Kier alpha value is -2.46. The minimum atomic E-state index is -5.04. The fourth-order valence-corrected chi connectivity index (χ4v) is 3.34. The standard InChI is InChI=1S/C17H16F4N2O3S/c1-11-3-5-12(6-4-11)22-16(24)10-23(2)27(25,26)13-7-8-15(18)14(9-13)17(19,20)21/h3-9H,10H2,1-2H3,(H,22,24). The monoisotopic (exact) mass is 404 g/mol. The highest BCUT2D eigenvalue weighted by Crippen LogP contribution is 2.33. The normalized spacial score (nSPS) is 12.3. The summed E-state index contributed by atoms with van der Waals surface area (Å²) in [6.07, 6.45) is -5.04. The Morgan fingerprint density at radius 2 is 1.70 bits per heavy atom. The highest BCUT2D eigenvalue weighted by Gasteiger charge is 2.36. The predicted molar refractivity (Wildman–Crippen MR) is 91.0 cm³/mol. The molecule has 0 spiro atoms. The number of rotatable bonds is 5. The Labute approximate surface area is 153 Å². The number of carbonyl (C=O) groups excluding carboxylic acids is 1. The molecule has 0 aliphatic heterocycles. The van der Waals surface area contributed by atoms with Crippen LogP contribution >= 0.6 is 0 Å². The molecule has 0 heterocycles. The van der Waals surface area contributed by atoms with Crippen molar-refractivity contribution in [1.82, 2.24) is 4.31 Å². The molecule has 0 saturated heterocycles. The number of aryl methyl sites for hydroxylation is 1. The van der Waals surface area contributed by atoms with Crippen LogP contribution in [0, 0.1) is 12.7 Å². The number of sulfonamides is 1. The zero-order valence-electron chi connectivity index (χ0n) is 14.3. The van der Waals surface area contributed by atoms with E-state index in [9.17, 15) is 30.8 Å². The lowest BCUT2D eigenvalue weighted by Gasteiger charge is -2.18. The van der Waals surface area contributed by atoms with E-state index in [2.05, 4.69) is 5.32 Å². The number of anilines is 1. The van der Waals surface area contributed by atoms with E-state index in [0.29, 0.717) is 22.1 Å². The number of hydrogen-bond donors (Lipinski definition) is 1. The van der Waals surface area contributed by atoms with Gasteiger partial charge in [-0.05, 0) is 37.3 Å². The smallest absolute Gasteiger partial charge is 0.325 e. The number of hydrogen-bond acceptors (Lipinski definition) is 3. The van der Waals surface area contributed by atoms with Gasteiger partial charge >= 0.3 is 6.18 Å². The summed E-state index contributed by atoms with van der Waals surface area (Å²) in [6, 6.07) is 8.08. The van der Waals surface area contributed by atoms with Gasteiger partial charge in [0, 0.05) is 12.7 Å².